The molecule has 3 nitrogen and oxygen atoms in total. The van der Waals surface area contributed by atoms with Crippen LogP contribution in [0.2, 0.25) is 0 Å². The van der Waals surface area contributed by atoms with Crippen molar-refractivity contribution in [3.63, 3.8) is 0 Å². The average molecular weight is 239 g/mol. The fourth-order valence-corrected chi connectivity index (χ4v) is 2.90. The molecule has 1 aromatic rings. The summed E-state index contributed by atoms with van der Waals surface area (Å²) in [5, 5.41) is 3.64. The summed E-state index contributed by atoms with van der Waals surface area (Å²) in [6, 6.07) is 0.421. The van der Waals surface area contributed by atoms with E-state index in [1.165, 1.54) is 24.1 Å². The topological polar surface area (TPSA) is 28.2 Å². The number of aromatic nitrogens is 1. The Morgan fingerprint density at radius 2 is 2.31 bits per heavy atom. The average Bonchev–Trinajstić information content (AvgIpc) is 2.67. The first-order valence-corrected chi connectivity index (χ1v) is 6.81. The van der Waals surface area contributed by atoms with Gasteiger partial charge < -0.3 is 10.2 Å². The normalized spacial score (nSPS) is 20.8. The molecule has 90 valence electrons. The molecule has 2 rings (SSSR count). The van der Waals surface area contributed by atoms with Gasteiger partial charge in [0.2, 0.25) is 0 Å². The summed E-state index contributed by atoms with van der Waals surface area (Å²) in [6.07, 6.45) is 5.98. The second-order valence-electron chi connectivity index (χ2n) is 4.98. The van der Waals surface area contributed by atoms with Crippen molar-refractivity contribution in [3.8, 4) is 0 Å². The van der Waals surface area contributed by atoms with Gasteiger partial charge >= 0.3 is 0 Å². The number of thiazole rings is 1. The van der Waals surface area contributed by atoms with Gasteiger partial charge in [0.05, 0.1) is 5.51 Å². The lowest BCUT2D eigenvalue weighted by molar-refractivity contribution is 0.0577. The van der Waals surface area contributed by atoms with Gasteiger partial charge in [0.1, 0.15) is 0 Å². The minimum Gasteiger partial charge on any atom is -0.308 e. The molecular formula is C12H21N3S. The van der Waals surface area contributed by atoms with Gasteiger partial charge in [-0.15, -0.1) is 11.3 Å². The standard InChI is InChI=1S/C12H21N3S/c1-10(11-7-13-9-16-11)14-8-12(15(2)3)5-4-6-12/h7,9-10,14H,4-6,8H2,1-3H3. The van der Waals surface area contributed by atoms with Crippen molar-refractivity contribution < 1.29 is 0 Å². The summed E-state index contributed by atoms with van der Waals surface area (Å²) < 4.78 is 0. The zero-order valence-electron chi connectivity index (χ0n) is 10.4. The first-order chi connectivity index (χ1) is 7.64. The quantitative estimate of drug-likeness (QED) is 0.854. The van der Waals surface area contributed by atoms with Gasteiger partial charge in [0, 0.05) is 29.2 Å². The van der Waals surface area contributed by atoms with Crippen LogP contribution in [-0.4, -0.2) is 36.1 Å². The van der Waals surface area contributed by atoms with E-state index in [2.05, 4.69) is 36.2 Å². The molecule has 16 heavy (non-hydrogen) atoms. The van der Waals surface area contributed by atoms with E-state index in [9.17, 15) is 0 Å². The summed E-state index contributed by atoms with van der Waals surface area (Å²) in [4.78, 5) is 7.83. The van der Waals surface area contributed by atoms with E-state index in [0.29, 0.717) is 11.6 Å². The van der Waals surface area contributed by atoms with Crippen molar-refractivity contribution >= 4 is 11.3 Å². The van der Waals surface area contributed by atoms with Crippen LogP contribution in [0.5, 0.6) is 0 Å². The largest absolute Gasteiger partial charge is 0.308 e. The van der Waals surface area contributed by atoms with E-state index < -0.39 is 0 Å². The van der Waals surface area contributed by atoms with Gasteiger partial charge in [-0.25, -0.2) is 0 Å². The second kappa shape index (κ2) is 4.82. The first-order valence-electron chi connectivity index (χ1n) is 5.93. The van der Waals surface area contributed by atoms with Crippen LogP contribution in [0.25, 0.3) is 0 Å². The third-order valence-electron chi connectivity index (χ3n) is 3.85. The van der Waals surface area contributed by atoms with Crippen molar-refractivity contribution in [1.82, 2.24) is 15.2 Å². The maximum atomic E-state index is 4.13. The van der Waals surface area contributed by atoms with Crippen molar-refractivity contribution in [1.29, 1.82) is 0 Å². The third-order valence-corrected chi connectivity index (χ3v) is 4.81. The second-order valence-corrected chi connectivity index (χ2v) is 5.90. The molecule has 1 atom stereocenters. The maximum Gasteiger partial charge on any atom is 0.0794 e. The highest BCUT2D eigenvalue weighted by Gasteiger charge is 2.38. The van der Waals surface area contributed by atoms with Crippen LogP contribution >= 0.6 is 11.3 Å². The number of nitrogens with one attached hydrogen (secondary N) is 1. The minimum absolute atomic E-state index is 0.402. The van der Waals surface area contributed by atoms with Gasteiger partial charge in [-0.3, -0.25) is 4.98 Å². The molecule has 1 aliphatic rings. The van der Waals surface area contributed by atoms with E-state index in [1.807, 2.05) is 11.7 Å². The first kappa shape index (κ1) is 12.0. The Kier molecular flexibility index (Phi) is 3.62. The van der Waals surface area contributed by atoms with Gasteiger partial charge in [0.25, 0.3) is 0 Å². The van der Waals surface area contributed by atoms with Crippen molar-refractivity contribution in [3.05, 3.63) is 16.6 Å². The molecule has 1 aromatic heterocycles. The van der Waals surface area contributed by atoms with Gasteiger partial charge in [-0.1, -0.05) is 0 Å². The SMILES string of the molecule is CC(NCC1(N(C)C)CCC1)c1cncs1. The molecule has 0 amide bonds. The van der Waals surface area contributed by atoms with Crippen LogP contribution in [0.1, 0.15) is 37.1 Å². The predicted molar refractivity (Wildman–Crippen MR) is 68.8 cm³/mol. The Bertz CT molecular complexity index is 317. The Hall–Kier alpha value is -0.450. The van der Waals surface area contributed by atoms with E-state index >= 15 is 0 Å². The van der Waals surface area contributed by atoms with Gasteiger partial charge in [0.15, 0.2) is 0 Å². The van der Waals surface area contributed by atoms with Crippen LogP contribution in [-0.2, 0) is 0 Å². The highest BCUT2D eigenvalue weighted by atomic mass is 32.1. The summed E-state index contributed by atoms with van der Waals surface area (Å²) >= 11 is 1.73. The number of nitrogens with zero attached hydrogens (tertiary/aromatic N) is 2. The van der Waals surface area contributed by atoms with Crippen LogP contribution in [0, 0.1) is 0 Å². The molecule has 1 unspecified atom stereocenters. The monoisotopic (exact) mass is 239 g/mol. The van der Waals surface area contributed by atoms with E-state index in [1.54, 1.807) is 11.3 Å². The number of hydrogen-bond acceptors (Lipinski definition) is 4. The Morgan fingerprint density at radius 3 is 2.75 bits per heavy atom. The Morgan fingerprint density at radius 1 is 1.56 bits per heavy atom. The molecule has 0 spiro atoms. The lowest BCUT2D eigenvalue weighted by Gasteiger charge is -2.48. The van der Waals surface area contributed by atoms with Crippen molar-refractivity contribution in [2.75, 3.05) is 20.6 Å². The molecule has 1 aliphatic carbocycles. The molecule has 1 heterocycles. The fraction of sp³-hybridized carbons (Fsp3) is 0.750. The predicted octanol–water partition coefficient (Wildman–Crippen LogP) is 2.28. The third kappa shape index (κ3) is 2.29. The highest BCUT2D eigenvalue weighted by Crippen LogP contribution is 2.36. The molecule has 1 N–H and O–H groups in total. The fourth-order valence-electron chi connectivity index (χ4n) is 2.25. The molecule has 1 saturated carbocycles. The lowest BCUT2D eigenvalue weighted by Crippen LogP contribution is -2.56. The van der Waals surface area contributed by atoms with Crippen LogP contribution in [0.3, 0.4) is 0 Å². The lowest BCUT2D eigenvalue weighted by atomic mass is 9.75. The van der Waals surface area contributed by atoms with Gasteiger partial charge in [-0.05, 0) is 40.3 Å². The molecule has 0 saturated heterocycles. The van der Waals surface area contributed by atoms with Crippen LogP contribution in [0.15, 0.2) is 11.7 Å². The van der Waals surface area contributed by atoms with Crippen molar-refractivity contribution in [2.24, 2.45) is 0 Å². The maximum absolute atomic E-state index is 4.13. The van der Waals surface area contributed by atoms with E-state index in [4.69, 9.17) is 0 Å². The van der Waals surface area contributed by atoms with Crippen LogP contribution in [0.4, 0.5) is 0 Å². The van der Waals surface area contributed by atoms with Crippen LogP contribution < -0.4 is 5.32 Å². The van der Waals surface area contributed by atoms with E-state index in [0.717, 1.165) is 6.54 Å². The molecule has 0 radical (unpaired) electrons. The Balaban J connectivity index is 1.87. The molecule has 4 heteroatoms. The molecule has 0 aliphatic heterocycles. The summed E-state index contributed by atoms with van der Waals surface area (Å²) in [6.45, 7) is 3.30. The summed E-state index contributed by atoms with van der Waals surface area (Å²) in [5.74, 6) is 0. The summed E-state index contributed by atoms with van der Waals surface area (Å²) in [7, 11) is 4.39. The minimum atomic E-state index is 0.402. The number of likely N-dealkylation sites (N-methyl/N-ethyl adjacent to an activating group) is 1. The molecule has 0 bridgehead atoms. The molecule has 0 aromatic carbocycles. The summed E-state index contributed by atoms with van der Waals surface area (Å²) in [5.41, 5.74) is 2.30. The zero-order chi connectivity index (χ0) is 11.6. The number of hydrogen-bond donors (Lipinski definition) is 1. The Labute approximate surface area is 102 Å². The number of rotatable bonds is 5. The smallest absolute Gasteiger partial charge is 0.0794 e. The molecule has 1 fully saturated rings. The van der Waals surface area contributed by atoms with Gasteiger partial charge in [-0.2, -0.15) is 0 Å². The zero-order valence-corrected chi connectivity index (χ0v) is 11.2. The van der Waals surface area contributed by atoms with Crippen molar-refractivity contribution in [2.45, 2.75) is 37.8 Å². The van der Waals surface area contributed by atoms with E-state index in [-0.39, 0.29) is 0 Å². The molecular weight excluding hydrogens is 218 g/mol. The highest BCUT2D eigenvalue weighted by molar-refractivity contribution is 7.09.